The molecule has 0 aliphatic heterocycles. The lowest BCUT2D eigenvalue weighted by Gasteiger charge is -2.06. The van der Waals surface area contributed by atoms with Gasteiger partial charge in [0.2, 0.25) is 0 Å². The number of hydrogen-bond donors (Lipinski definition) is 2. The topological polar surface area (TPSA) is 54.4 Å². The molecule has 0 saturated carbocycles. The monoisotopic (exact) mass is 180 g/mol. The van der Waals surface area contributed by atoms with Crippen LogP contribution in [0.4, 0.5) is 0 Å². The lowest BCUT2D eigenvalue weighted by molar-refractivity contribution is 0.283. The zero-order valence-corrected chi connectivity index (χ0v) is 7.72. The molecule has 0 rings (SSSR count). The van der Waals surface area contributed by atoms with E-state index in [2.05, 4.69) is 0 Å². The van der Waals surface area contributed by atoms with Crippen molar-refractivity contribution in [2.24, 2.45) is 0 Å². The van der Waals surface area contributed by atoms with Crippen molar-refractivity contribution in [2.75, 3.05) is 6.61 Å². The molecule has 1 unspecified atom stereocenters. The summed E-state index contributed by atoms with van der Waals surface area (Å²) in [6.45, 7) is 2.05. The molecule has 0 bridgehead atoms. The van der Waals surface area contributed by atoms with Crippen molar-refractivity contribution < 1.29 is 13.5 Å². The Hall–Kier alpha value is -0.0900. The van der Waals surface area contributed by atoms with Gasteiger partial charge >= 0.3 is 0 Å². The van der Waals surface area contributed by atoms with Gasteiger partial charge in [-0.3, -0.25) is 0 Å². The van der Waals surface area contributed by atoms with E-state index in [1.54, 1.807) is 0 Å². The van der Waals surface area contributed by atoms with Crippen LogP contribution in [0.1, 0.15) is 32.6 Å². The Labute approximate surface area is 69.4 Å². The lowest BCUT2D eigenvalue weighted by Crippen LogP contribution is -2.09. The molecule has 4 heteroatoms. The normalized spacial score (nSPS) is 13.7. The minimum absolute atomic E-state index is 0.0867. The third-order valence-electron chi connectivity index (χ3n) is 1.62. The first-order valence-electron chi connectivity index (χ1n) is 3.96. The highest BCUT2D eigenvalue weighted by molar-refractivity contribution is 7.73. The fourth-order valence-electron chi connectivity index (χ4n) is 1.02. The van der Waals surface area contributed by atoms with Gasteiger partial charge in [0.1, 0.15) is 10.7 Å². The molecule has 0 saturated heterocycles. The first kappa shape index (κ1) is 10.9. The number of rotatable bonds is 6. The molecule has 3 nitrogen and oxygen atoms in total. The zero-order chi connectivity index (χ0) is 8.69. The Balaban J connectivity index is 3.70. The van der Waals surface area contributed by atoms with Crippen LogP contribution in [0.2, 0.25) is 0 Å². The van der Waals surface area contributed by atoms with E-state index in [0.29, 0.717) is 12.8 Å². The molecule has 0 fully saturated rings. The third-order valence-corrected chi connectivity index (χ3v) is 2.73. The number of aliphatic hydroxyl groups is 1. The van der Waals surface area contributed by atoms with Gasteiger partial charge < -0.3 is 5.11 Å². The largest absolute Gasteiger partial charge is 0.396 e. The fraction of sp³-hybridized carbons (Fsp3) is 1.00. The molecule has 0 spiro atoms. The van der Waals surface area contributed by atoms with Crippen molar-refractivity contribution in [3.8, 4) is 0 Å². The predicted molar refractivity (Wildman–Crippen MR) is 45.3 cm³/mol. The highest BCUT2D eigenvalue weighted by Gasteiger charge is 2.08. The van der Waals surface area contributed by atoms with Gasteiger partial charge in [-0.05, 0) is 19.3 Å². The summed E-state index contributed by atoms with van der Waals surface area (Å²) in [5, 5.41) is 8.25. The van der Waals surface area contributed by atoms with Crippen molar-refractivity contribution in [3.63, 3.8) is 0 Å². The summed E-state index contributed by atoms with van der Waals surface area (Å²) in [5.74, 6) is 0. The summed E-state index contributed by atoms with van der Waals surface area (Å²) in [4.78, 5) is 0. The maximum Gasteiger partial charge on any atom is 0.143 e. The highest BCUT2D eigenvalue weighted by atomic mass is 32.2. The Morgan fingerprint density at radius 3 is 2.36 bits per heavy atom. The van der Waals surface area contributed by atoms with Crippen LogP contribution in [0.3, 0.4) is 0 Å². The van der Waals surface area contributed by atoms with Gasteiger partial charge in [0.25, 0.3) is 0 Å². The van der Waals surface area contributed by atoms with E-state index in [4.69, 9.17) is 5.11 Å². The van der Waals surface area contributed by atoms with E-state index in [9.17, 15) is 8.42 Å². The van der Waals surface area contributed by atoms with E-state index < -0.39 is 10.7 Å². The SMILES string of the molecule is CCCC(CCCO)[SH](=O)=O. The van der Waals surface area contributed by atoms with Crippen LogP contribution in [0.25, 0.3) is 0 Å². The maximum absolute atomic E-state index is 10.6. The van der Waals surface area contributed by atoms with Crippen molar-refractivity contribution >= 4 is 10.7 Å². The zero-order valence-electron chi connectivity index (χ0n) is 6.82. The summed E-state index contributed by atoms with van der Waals surface area (Å²) in [5.41, 5.74) is 0. The van der Waals surface area contributed by atoms with Crippen LogP contribution in [-0.2, 0) is 10.7 Å². The number of hydrogen-bond acceptors (Lipinski definition) is 3. The van der Waals surface area contributed by atoms with Gasteiger partial charge in [0, 0.05) is 6.61 Å². The summed E-state index contributed by atoms with van der Waals surface area (Å²) in [6, 6.07) is 0. The molecule has 1 N–H and O–H groups in total. The quantitative estimate of drug-likeness (QED) is 0.587. The Morgan fingerprint density at radius 2 is 2.00 bits per heavy atom. The van der Waals surface area contributed by atoms with Gasteiger partial charge in [-0.25, -0.2) is 8.42 Å². The summed E-state index contributed by atoms with van der Waals surface area (Å²) in [7, 11) is -2.29. The minimum atomic E-state index is -2.29. The van der Waals surface area contributed by atoms with E-state index in [1.165, 1.54) is 0 Å². The molecule has 11 heavy (non-hydrogen) atoms. The molecule has 0 aromatic carbocycles. The van der Waals surface area contributed by atoms with Crippen molar-refractivity contribution in [3.05, 3.63) is 0 Å². The molecule has 1 atom stereocenters. The molecule has 0 radical (unpaired) electrons. The van der Waals surface area contributed by atoms with Gasteiger partial charge in [-0.1, -0.05) is 13.3 Å². The maximum atomic E-state index is 10.6. The first-order chi connectivity index (χ1) is 5.22. The van der Waals surface area contributed by atoms with Crippen LogP contribution in [0, 0.1) is 0 Å². The van der Waals surface area contributed by atoms with Crippen LogP contribution >= 0.6 is 0 Å². The summed E-state index contributed by atoms with van der Waals surface area (Å²) < 4.78 is 21.1. The van der Waals surface area contributed by atoms with E-state index in [1.807, 2.05) is 6.92 Å². The Kier molecular flexibility index (Phi) is 6.56. The molecular formula is C7H16O3S. The molecule has 0 aromatic heterocycles. The average Bonchev–Trinajstić information content (AvgIpc) is 1.97. The van der Waals surface area contributed by atoms with Gasteiger partial charge in [0.15, 0.2) is 0 Å². The standard InChI is InChI=1S/C7H16O3S/c1-2-4-7(11(9)10)5-3-6-8/h7-8,11H,2-6H2,1H3. The number of thiol groups is 1. The second-order valence-corrected chi connectivity index (χ2v) is 3.89. The van der Waals surface area contributed by atoms with E-state index >= 15 is 0 Å². The molecular weight excluding hydrogens is 164 g/mol. The first-order valence-corrected chi connectivity index (χ1v) is 5.21. The minimum Gasteiger partial charge on any atom is -0.396 e. The second kappa shape index (κ2) is 6.61. The second-order valence-electron chi connectivity index (χ2n) is 2.59. The predicted octanol–water partition coefficient (Wildman–Crippen LogP) is 0.539. The van der Waals surface area contributed by atoms with Gasteiger partial charge in [-0.15, -0.1) is 0 Å². The van der Waals surface area contributed by atoms with Crippen LogP contribution in [0.15, 0.2) is 0 Å². The Bertz CT molecular complexity index is 146. The highest BCUT2D eigenvalue weighted by Crippen LogP contribution is 2.07. The molecule has 0 amide bonds. The van der Waals surface area contributed by atoms with Crippen LogP contribution < -0.4 is 0 Å². The lowest BCUT2D eigenvalue weighted by atomic mass is 10.1. The third kappa shape index (κ3) is 5.21. The van der Waals surface area contributed by atoms with Crippen molar-refractivity contribution in [1.82, 2.24) is 0 Å². The smallest absolute Gasteiger partial charge is 0.143 e. The molecule has 0 aliphatic rings. The molecule has 0 heterocycles. The molecule has 68 valence electrons. The van der Waals surface area contributed by atoms with Gasteiger partial charge in [0.05, 0.1) is 5.25 Å². The van der Waals surface area contributed by atoms with Crippen LogP contribution in [0.5, 0.6) is 0 Å². The van der Waals surface area contributed by atoms with Crippen molar-refractivity contribution in [2.45, 2.75) is 37.9 Å². The van der Waals surface area contributed by atoms with E-state index in [0.717, 1.165) is 12.8 Å². The van der Waals surface area contributed by atoms with Crippen molar-refractivity contribution in [1.29, 1.82) is 0 Å². The van der Waals surface area contributed by atoms with E-state index in [-0.39, 0.29) is 11.9 Å². The van der Waals surface area contributed by atoms with Gasteiger partial charge in [-0.2, -0.15) is 0 Å². The summed E-state index contributed by atoms with van der Waals surface area (Å²) in [6.07, 6.45) is 2.80. The number of aliphatic hydroxyl groups excluding tert-OH is 1. The summed E-state index contributed by atoms with van der Waals surface area (Å²) >= 11 is 0. The molecule has 0 aromatic rings. The molecule has 0 aliphatic carbocycles. The Morgan fingerprint density at radius 1 is 1.36 bits per heavy atom. The average molecular weight is 180 g/mol. The fourth-order valence-corrected chi connectivity index (χ4v) is 1.88. The van der Waals surface area contributed by atoms with Crippen LogP contribution in [-0.4, -0.2) is 25.4 Å².